The highest BCUT2D eigenvalue weighted by molar-refractivity contribution is 6.31. The Morgan fingerprint density at radius 1 is 1.08 bits per heavy atom. The van der Waals surface area contributed by atoms with Crippen LogP contribution in [0, 0.1) is 0 Å². The van der Waals surface area contributed by atoms with Crippen molar-refractivity contribution in [3.8, 4) is 11.3 Å². The fraction of sp³-hybridized carbons (Fsp3) is 0.200. The maximum absolute atomic E-state index is 11.6. The van der Waals surface area contributed by atoms with Crippen molar-refractivity contribution in [2.45, 2.75) is 20.0 Å². The van der Waals surface area contributed by atoms with Crippen LogP contribution in [-0.2, 0) is 17.9 Å². The van der Waals surface area contributed by atoms with E-state index < -0.39 is 0 Å². The summed E-state index contributed by atoms with van der Waals surface area (Å²) in [5, 5.41) is 5.47. The number of aromatic nitrogens is 2. The first-order valence-corrected chi connectivity index (χ1v) is 8.49. The van der Waals surface area contributed by atoms with Gasteiger partial charge in [0.25, 0.3) is 0 Å². The molecule has 4 nitrogen and oxygen atoms in total. The number of carbonyl (C=O) groups excluding carboxylic acids is 1. The van der Waals surface area contributed by atoms with Gasteiger partial charge in [-0.1, -0.05) is 60.1 Å². The van der Waals surface area contributed by atoms with E-state index in [4.69, 9.17) is 16.7 Å². The second kappa shape index (κ2) is 7.53. The zero-order valence-corrected chi connectivity index (χ0v) is 15.1. The number of halogens is 1. The molecule has 0 radical (unpaired) electrons. The number of rotatable bonds is 5. The lowest BCUT2D eigenvalue weighted by atomic mass is 10.1. The van der Waals surface area contributed by atoms with Gasteiger partial charge in [-0.3, -0.25) is 9.48 Å². The van der Waals surface area contributed by atoms with Crippen LogP contribution in [0.3, 0.4) is 0 Å². The maximum Gasteiger partial charge on any atom is 0.219 e. The fourth-order valence-electron chi connectivity index (χ4n) is 2.67. The zero-order valence-electron chi connectivity index (χ0n) is 14.3. The van der Waals surface area contributed by atoms with Crippen molar-refractivity contribution < 1.29 is 4.79 Å². The van der Waals surface area contributed by atoms with Gasteiger partial charge in [0.1, 0.15) is 0 Å². The van der Waals surface area contributed by atoms with E-state index in [-0.39, 0.29) is 5.91 Å². The topological polar surface area (TPSA) is 38.1 Å². The first kappa shape index (κ1) is 17.2. The summed E-state index contributed by atoms with van der Waals surface area (Å²) in [4.78, 5) is 13.3. The lowest BCUT2D eigenvalue weighted by Gasteiger charge is -2.14. The molecular weight excluding hydrogens is 334 g/mol. The van der Waals surface area contributed by atoms with Gasteiger partial charge in [0.05, 0.1) is 12.2 Å². The van der Waals surface area contributed by atoms with E-state index in [0.29, 0.717) is 13.1 Å². The van der Waals surface area contributed by atoms with Crippen LogP contribution in [-0.4, -0.2) is 27.6 Å². The average Bonchev–Trinajstić information content (AvgIpc) is 3.00. The summed E-state index contributed by atoms with van der Waals surface area (Å²) in [6.07, 6.45) is 1.99. The third-order valence-corrected chi connectivity index (χ3v) is 4.49. The molecule has 0 fully saturated rings. The predicted molar refractivity (Wildman–Crippen MR) is 100 cm³/mol. The summed E-state index contributed by atoms with van der Waals surface area (Å²) in [5.74, 6) is 0.0258. The molecular formula is C20H20ClN3O. The van der Waals surface area contributed by atoms with Gasteiger partial charge in [-0.05, 0) is 11.6 Å². The maximum atomic E-state index is 11.6. The molecule has 1 amide bonds. The molecule has 0 saturated carbocycles. The Bertz CT molecular complexity index is 874. The highest BCUT2D eigenvalue weighted by Crippen LogP contribution is 2.24. The third-order valence-electron chi connectivity index (χ3n) is 4.12. The Balaban J connectivity index is 1.96. The van der Waals surface area contributed by atoms with Crippen LogP contribution in [0.1, 0.15) is 18.1 Å². The third kappa shape index (κ3) is 4.09. The molecule has 1 heterocycles. The molecule has 128 valence electrons. The minimum atomic E-state index is 0.0258. The normalized spacial score (nSPS) is 10.7. The quantitative estimate of drug-likeness (QED) is 0.688. The van der Waals surface area contributed by atoms with E-state index in [1.165, 1.54) is 0 Å². The standard InChI is InChI=1S/C20H20ClN3O/c1-15(25)23(2)12-18-14-24(13-17-10-6-7-11-19(17)21)22-20(18)16-8-4-3-5-9-16/h3-11,14H,12-13H2,1-2H3. The molecule has 3 aromatic rings. The molecule has 0 spiro atoms. The lowest BCUT2D eigenvalue weighted by molar-refractivity contribution is -0.128. The number of benzene rings is 2. The van der Waals surface area contributed by atoms with E-state index in [1.807, 2.05) is 65.5 Å². The summed E-state index contributed by atoms with van der Waals surface area (Å²) < 4.78 is 1.88. The Kier molecular flexibility index (Phi) is 5.19. The van der Waals surface area contributed by atoms with Crippen molar-refractivity contribution >= 4 is 17.5 Å². The van der Waals surface area contributed by atoms with E-state index >= 15 is 0 Å². The van der Waals surface area contributed by atoms with Gasteiger partial charge >= 0.3 is 0 Å². The van der Waals surface area contributed by atoms with E-state index in [2.05, 4.69) is 0 Å². The molecule has 1 aromatic heterocycles. The van der Waals surface area contributed by atoms with Crippen LogP contribution in [0.2, 0.25) is 5.02 Å². The van der Waals surface area contributed by atoms with Gasteiger partial charge in [-0.25, -0.2) is 0 Å². The molecule has 0 aliphatic rings. The molecule has 0 aliphatic carbocycles. The monoisotopic (exact) mass is 353 g/mol. The Morgan fingerprint density at radius 3 is 2.44 bits per heavy atom. The van der Waals surface area contributed by atoms with Crippen LogP contribution in [0.5, 0.6) is 0 Å². The summed E-state index contributed by atoms with van der Waals surface area (Å²) >= 11 is 6.27. The summed E-state index contributed by atoms with van der Waals surface area (Å²) in [5.41, 5.74) is 3.95. The number of carbonyl (C=O) groups is 1. The Morgan fingerprint density at radius 2 is 1.76 bits per heavy atom. The highest BCUT2D eigenvalue weighted by Gasteiger charge is 2.15. The highest BCUT2D eigenvalue weighted by atomic mass is 35.5. The van der Waals surface area contributed by atoms with Crippen molar-refractivity contribution in [3.63, 3.8) is 0 Å². The molecule has 5 heteroatoms. The molecule has 3 rings (SSSR count). The summed E-state index contributed by atoms with van der Waals surface area (Å²) in [6.45, 7) is 2.67. The molecule has 0 N–H and O–H groups in total. The van der Waals surface area contributed by atoms with Crippen molar-refractivity contribution in [2.24, 2.45) is 0 Å². The lowest BCUT2D eigenvalue weighted by Crippen LogP contribution is -2.23. The van der Waals surface area contributed by atoms with Crippen LogP contribution < -0.4 is 0 Å². The van der Waals surface area contributed by atoms with Crippen LogP contribution in [0.15, 0.2) is 60.8 Å². The predicted octanol–water partition coefficient (Wildman–Crippen LogP) is 4.23. The van der Waals surface area contributed by atoms with Gasteiger partial charge in [0.15, 0.2) is 0 Å². The SMILES string of the molecule is CC(=O)N(C)Cc1cn(Cc2ccccc2Cl)nc1-c1ccccc1. The molecule has 2 aromatic carbocycles. The largest absolute Gasteiger partial charge is 0.342 e. The fourth-order valence-corrected chi connectivity index (χ4v) is 2.86. The van der Waals surface area contributed by atoms with Gasteiger partial charge in [0.2, 0.25) is 5.91 Å². The van der Waals surface area contributed by atoms with Crippen molar-refractivity contribution in [1.82, 2.24) is 14.7 Å². The summed E-state index contributed by atoms with van der Waals surface area (Å²) in [7, 11) is 1.79. The molecule has 0 aliphatic heterocycles. The first-order valence-electron chi connectivity index (χ1n) is 8.11. The first-order chi connectivity index (χ1) is 12.0. The van der Waals surface area contributed by atoms with Crippen LogP contribution >= 0.6 is 11.6 Å². The van der Waals surface area contributed by atoms with Crippen molar-refractivity contribution in [1.29, 1.82) is 0 Å². The Labute approximate surface area is 152 Å². The van der Waals surface area contributed by atoms with Gasteiger partial charge in [-0.2, -0.15) is 5.10 Å². The van der Waals surface area contributed by atoms with Gasteiger partial charge < -0.3 is 4.90 Å². The van der Waals surface area contributed by atoms with E-state index in [0.717, 1.165) is 27.4 Å². The molecule has 0 atom stereocenters. The van der Waals surface area contributed by atoms with Crippen LogP contribution in [0.25, 0.3) is 11.3 Å². The zero-order chi connectivity index (χ0) is 17.8. The summed E-state index contributed by atoms with van der Waals surface area (Å²) in [6, 6.07) is 17.8. The molecule has 0 unspecified atom stereocenters. The second-order valence-electron chi connectivity index (χ2n) is 6.03. The molecule has 0 bridgehead atoms. The van der Waals surface area contributed by atoms with E-state index in [1.54, 1.807) is 18.9 Å². The number of amides is 1. The van der Waals surface area contributed by atoms with Crippen molar-refractivity contribution in [2.75, 3.05) is 7.05 Å². The molecule has 25 heavy (non-hydrogen) atoms. The van der Waals surface area contributed by atoms with Crippen molar-refractivity contribution in [3.05, 3.63) is 76.9 Å². The van der Waals surface area contributed by atoms with Gasteiger partial charge in [-0.15, -0.1) is 0 Å². The smallest absolute Gasteiger partial charge is 0.219 e. The average molecular weight is 354 g/mol. The Hall–Kier alpha value is -2.59. The number of nitrogens with zero attached hydrogens (tertiary/aromatic N) is 3. The second-order valence-corrected chi connectivity index (χ2v) is 6.44. The van der Waals surface area contributed by atoms with Crippen LogP contribution in [0.4, 0.5) is 0 Å². The number of hydrogen-bond donors (Lipinski definition) is 0. The minimum Gasteiger partial charge on any atom is -0.342 e. The molecule has 0 saturated heterocycles. The number of hydrogen-bond acceptors (Lipinski definition) is 2. The minimum absolute atomic E-state index is 0.0258. The van der Waals surface area contributed by atoms with Gasteiger partial charge in [0, 0.05) is 42.9 Å². The van der Waals surface area contributed by atoms with E-state index in [9.17, 15) is 4.79 Å².